The molecule has 0 amide bonds. The molecule has 2 unspecified atom stereocenters. The maximum Gasteiger partial charge on any atom is 0.338 e. The fourth-order valence-corrected chi connectivity index (χ4v) is 4.96. The molecule has 1 saturated heterocycles. The van der Waals surface area contributed by atoms with Crippen LogP contribution in [-0.4, -0.2) is 53.9 Å². The first-order chi connectivity index (χ1) is 13.4. The molecular weight excluding hydrogens is 385 g/mol. The van der Waals surface area contributed by atoms with Crippen LogP contribution in [0.15, 0.2) is 30.3 Å². The van der Waals surface area contributed by atoms with Gasteiger partial charge in [-0.15, -0.1) is 0 Å². The smallest absolute Gasteiger partial charge is 0.338 e. The maximum absolute atomic E-state index is 12.8. The molecule has 1 aliphatic heterocycles. The van der Waals surface area contributed by atoms with Crippen LogP contribution in [0.1, 0.15) is 32.3 Å². The molecular formula is C19H28NO7P. The van der Waals surface area contributed by atoms with Crippen molar-refractivity contribution < 1.29 is 33.1 Å². The van der Waals surface area contributed by atoms with Gasteiger partial charge in [0.25, 0.3) is 0 Å². The quantitative estimate of drug-likeness (QED) is 0.552. The molecule has 1 N–H and O–H groups in total. The molecule has 1 heterocycles. The van der Waals surface area contributed by atoms with E-state index in [0.29, 0.717) is 19.4 Å². The molecule has 0 saturated carbocycles. The lowest BCUT2D eigenvalue weighted by atomic mass is 9.87. The van der Waals surface area contributed by atoms with E-state index in [0.717, 1.165) is 5.56 Å². The third-order valence-corrected chi connectivity index (χ3v) is 6.49. The van der Waals surface area contributed by atoms with Gasteiger partial charge in [0.1, 0.15) is 18.0 Å². The molecule has 0 aliphatic carbocycles. The van der Waals surface area contributed by atoms with Gasteiger partial charge >= 0.3 is 13.6 Å². The first kappa shape index (κ1) is 22.7. The number of carboxylic acids is 1. The van der Waals surface area contributed by atoms with Gasteiger partial charge in [0.05, 0.1) is 19.8 Å². The fourth-order valence-electron chi connectivity index (χ4n) is 3.30. The minimum absolute atomic E-state index is 0.143. The molecule has 0 spiro atoms. The SMILES string of the molecule is CCOP(=O)(CC(=O)C1CCCN(OCc2ccccc2)C1C(=O)O)OCC. The number of carboxylic acid groups (broad SMARTS) is 1. The van der Waals surface area contributed by atoms with Crippen LogP contribution in [0, 0.1) is 5.92 Å². The zero-order valence-electron chi connectivity index (χ0n) is 16.3. The highest BCUT2D eigenvalue weighted by Crippen LogP contribution is 2.48. The Morgan fingerprint density at radius 3 is 2.39 bits per heavy atom. The normalized spacial score (nSPS) is 20.8. The Morgan fingerprint density at radius 2 is 1.82 bits per heavy atom. The van der Waals surface area contributed by atoms with Crippen molar-refractivity contribution in [1.82, 2.24) is 5.06 Å². The van der Waals surface area contributed by atoms with Crippen molar-refractivity contribution in [3.05, 3.63) is 35.9 Å². The van der Waals surface area contributed by atoms with Gasteiger partial charge in [-0.1, -0.05) is 30.3 Å². The van der Waals surface area contributed by atoms with Crippen molar-refractivity contribution >= 4 is 19.3 Å². The minimum atomic E-state index is -3.58. The Balaban J connectivity index is 2.10. The van der Waals surface area contributed by atoms with Crippen LogP contribution in [0.4, 0.5) is 0 Å². The predicted octanol–water partition coefficient (Wildman–Crippen LogP) is 3.12. The second kappa shape index (κ2) is 10.8. The third kappa shape index (κ3) is 6.22. The van der Waals surface area contributed by atoms with Crippen molar-refractivity contribution in [2.24, 2.45) is 5.92 Å². The molecule has 1 aromatic carbocycles. The van der Waals surface area contributed by atoms with E-state index in [2.05, 4.69) is 0 Å². The highest BCUT2D eigenvalue weighted by Gasteiger charge is 2.44. The Labute approximate surface area is 165 Å². The van der Waals surface area contributed by atoms with Gasteiger partial charge in [-0.25, -0.2) is 0 Å². The van der Waals surface area contributed by atoms with Gasteiger partial charge < -0.3 is 14.2 Å². The Hall–Kier alpha value is -1.57. The number of ketones is 1. The summed E-state index contributed by atoms with van der Waals surface area (Å²) in [6.45, 7) is 4.23. The second-order valence-electron chi connectivity index (χ2n) is 6.50. The molecule has 1 fully saturated rings. The van der Waals surface area contributed by atoms with Crippen LogP contribution >= 0.6 is 7.60 Å². The molecule has 1 aromatic rings. The number of hydrogen-bond acceptors (Lipinski definition) is 7. The first-order valence-electron chi connectivity index (χ1n) is 9.47. The number of nitrogens with zero attached hydrogens (tertiary/aromatic N) is 1. The highest BCUT2D eigenvalue weighted by molar-refractivity contribution is 7.54. The van der Waals surface area contributed by atoms with E-state index in [4.69, 9.17) is 13.9 Å². The molecule has 2 atom stereocenters. The Kier molecular flexibility index (Phi) is 8.79. The van der Waals surface area contributed by atoms with Gasteiger partial charge in [-0.05, 0) is 32.3 Å². The Morgan fingerprint density at radius 1 is 1.18 bits per heavy atom. The number of hydroxylamine groups is 2. The van der Waals surface area contributed by atoms with Gasteiger partial charge in [0, 0.05) is 12.5 Å². The van der Waals surface area contributed by atoms with Crippen molar-refractivity contribution in [3.8, 4) is 0 Å². The number of piperidine rings is 1. The number of rotatable bonds is 11. The third-order valence-electron chi connectivity index (χ3n) is 4.49. The van der Waals surface area contributed by atoms with Crippen LogP contribution in [0.3, 0.4) is 0 Å². The average Bonchev–Trinajstić information content (AvgIpc) is 2.66. The van der Waals surface area contributed by atoms with Crippen molar-refractivity contribution in [2.75, 3.05) is 25.9 Å². The Bertz CT molecular complexity index is 687. The van der Waals surface area contributed by atoms with Gasteiger partial charge in [-0.3, -0.25) is 19.0 Å². The van der Waals surface area contributed by atoms with E-state index in [1.807, 2.05) is 30.3 Å². The lowest BCUT2D eigenvalue weighted by Crippen LogP contribution is -2.52. The van der Waals surface area contributed by atoms with E-state index < -0.39 is 37.5 Å². The van der Waals surface area contributed by atoms with E-state index in [1.165, 1.54) is 5.06 Å². The van der Waals surface area contributed by atoms with Crippen LogP contribution in [-0.2, 0) is 34.6 Å². The predicted molar refractivity (Wildman–Crippen MR) is 103 cm³/mol. The summed E-state index contributed by atoms with van der Waals surface area (Å²) in [7, 11) is -3.58. The first-order valence-corrected chi connectivity index (χ1v) is 11.2. The van der Waals surface area contributed by atoms with E-state index in [9.17, 15) is 19.3 Å². The van der Waals surface area contributed by atoms with E-state index in [-0.39, 0.29) is 19.8 Å². The lowest BCUT2D eigenvalue weighted by molar-refractivity contribution is -0.224. The summed E-state index contributed by atoms with van der Waals surface area (Å²) >= 11 is 0. The molecule has 156 valence electrons. The zero-order chi connectivity index (χ0) is 20.6. The summed E-state index contributed by atoms with van der Waals surface area (Å²) in [5.41, 5.74) is 0.900. The van der Waals surface area contributed by atoms with Crippen molar-refractivity contribution in [2.45, 2.75) is 39.3 Å². The molecule has 1 aliphatic rings. The van der Waals surface area contributed by atoms with Gasteiger partial charge in [0.2, 0.25) is 0 Å². The molecule has 0 aromatic heterocycles. The number of benzene rings is 1. The lowest BCUT2D eigenvalue weighted by Gasteiger charge is -2.37. The highest BCUT2D eigenvalue weighted by atomic mass is 31.2. The second-order valence-corrected chi connectivity index (χ2v) is 8.56. The molecule has 8 nitrogen and oxygen atoms in total. The summed E-state index contributed by atoms with van der Waals surface area (Å²) in [5.74, 6) is -2.42. The maximum atomic E-state index is 12.8. The van der Waals surface area contributed by atoms with Crippen molar-refractivity contribution in [3.63, 3.8) is 0 Å². The largest absolute Gasteiger partial charge is 0.480 e. The minimum Gasteiger partial charge on any atom is -0.480 e. The molecule has 0 radical (unpaired) electrons. The van der Waals surface area contributed by atoms with Gasteiger partial charge in [0.15, 0.2) is 0 Å². The molecule has 0 bridgehead atoms. The topological polar surface area (TPSA) is 102 Å². The summed E-state index contributed by atoms with van der Waals surface area (Å²) < 4.78 is 23.0. The fraction of sp³-hybridized carbons (Fsp3) is 0.579. The summed E-state index contributed by atoms with van der Waals surface area (Å²) in [4.78, 5) is 30.4. The standard InChI is InChI=1S/C19H28NO7P/c1-3-26-28(24,27-4-2)14-17(21)16-11-8-12-20(18(16)19(22)23)25-13-15-9-6-5-7-10-15/h5-7,9-10,16,18H,3-4,8,11-14H2,1-2H3,(H,22,23). The number of Topliss-reactive ketones (excluding diaryl/α,β-unsaturated/α-hetero) is 1. The van der Waals surface area contributed by atoms with Crippen LogP contribution in [0.25, 0.3) is 0 Å². The molecule has 28 heavy (non-hydrogen) atoms. The number of carbonyl (C=O) groups is 2. The monoisotopic (exact) mass is 413 g/mol. The van der Waals surface area contributed by atoms with Gasteiger partial charge in [-0.2, -0.15) is 5.06 Å². The van der Waals surface area contributed by atoms with Crippen LogP contribution in [0.2, 0.25) is 0 Å². The molecule has 9 heteroatoms. The number of carbonyl (C=O) groups excluding carboxylic acids is 1. The summed E-state index contributed by atoms with van der Waals surface area (Å²) in [6, 6.07) is 8.24. The zero-order valence-corrected chi connectivity index (χ0v) is 17.2. The number of aliphatic carboxylic acids is 1. The van der Waals surface area contributed by atoms with E-state index >= 15 is 0 Å². The molecule has 2 rings (SSSR count). The van der Waals surface area contributed by atoms with Crippen LogP contribution < -0.4 is 0 Å². The summed E-state index contributed by atoms with van der Waals surface area (Å²) in [5, 5.41) is 11.1. The van der Waals surface area contributed by atoms with Crippen LogP contribution in [0.5, 0.6) is 0 Å². The van der Waals surface area contributed by atoms with E-state index in [1.54, 1.807) is 13.8 Å². The van der Waals surface area contributed by atoms with Crippen molar-refractivity contribution in [1.29, 1.82) is 0 Å². The number of hydrogen-bond donors (Lipinski definition) is 1. The average molecular weight is 413 g/mol. The summed E-state index contributed by atoms with van der Waals surface area (Å²) in [6.07, 6.45) is 0.553.